The van der Waals surface area contributed by atoms with Gasteiger partial charge < -0.3 is 19.1 Å². The van der Waals surface area contributed by atoms with E-state index in [0.717, 1.165) is 11.3 Å². The molecule has 0 aliphatic heterocycles. The average Bonchev–Trinajstić information content (AvgIpc) is 3.29. The van der Waals surface area contributed by atoms with Crippen LogP contribution in [0.2, 0.25) is 15.1 Å². The second-order valence-corrected chi connectivity index (χ2v) is 10.9. The first-order chi connectivity index (χ1) is 18.2. The van der Waals surface area contributed by atoms with Gasteiger partial charge in [0.2, 0.25) is 5.91 Å². The number of carbonyl (C=O) groups excluding carboxylic acids is 2. The number of halogens is 3. The van der Waals surface area contributed by atoms with Gasteiger partial charge in [0.25, 0.3) is 5.91 Å². The minimum atomic E-state index is -0.301. The van der Waals surface area contributed by atoms with E-state index in [2.05, 4.69) is 18.4 Å². The highest BCUT2D eigenvalue weighted by Crippen LogP contribution is 2.21. The Morgan fingerprint density at radius 1 is 0.974 bits per heavy atom. The van der Waals surface area contributed by atoms with Crippen molar-refractivity contribution in [2.45, 2.75) is 33.4 Å². The monoisotopic (exact) mass is 577 g/mol. The van der Waals surface area contributed by atoms with Crippen LogP contribution >= 0.6 is 34.8 Å². The van der Waals surface area contributed by atoms with Crippen molar-refractivity contribution in [3.05, 3.63) is 92.7 Å². The fraction of sp³-hybridized carbons (Fsp3) is 0.379. The molecule has 0 N–H and O–H groups in total. The topological polar surface area (TPSA) is 54.8 Å². The van der Waals surface area contributed by atoms with Gasteiger partial charge in [0, 0.05) is 65.9 Å². The summed E-state index contributed by atoms with van der Waals surface area (Å²) in [5, 5.41) is 1.43. The Morgan fingerprint density at radius 2 is 1.68 bits per heavy atom. The summed E-state index contributed by atoms with van der Waals surface area (Å²) < 4.78 is 7.27. The molecule has 6 nitrogen and oxygen atoms in total. The van der Waals surface area contributed by atoms with Crippen molar-refractivity contribution in [1.82, 2.24) is 14.4 Å². The van der Waals surface area contributed by atoms with Gasteiger partial charge in [0.1, 0.15) is 6.54 Å². The third kappa shape index (κ3) is 8.77. The second kappa shape index (κ2) is 14.6. The first kappa shape index (κ1) is 30.0. The first-order valence-electron chi connectivity index (χ1n) is 12.6. The predicted molar refractivity (Wildman–Crippen MR) is 154 cm³/mol. The van der Waals surface area contributed by atoms with Crippen molar-refractivity contribution in [2.24, 2.45) is 5.92 Å². The highest BCUT2D eigenvalue weighted by Gasteiger charge is 2.24. The maximum Gasteiger partial charge on any atom is 0.254 e. The van der Waals surface area contributed by atoms with E-state index < -0.39 is 0 Å². The smallest absolute Gasteiger partial charge is 0.254 e. The molecule has 38 heavy (non-hydrogen) atoms. The van der Waals surface area contributed by atoms with E-state index in [1.165, 1.54) is 0 Å². The van der Waals surface area contributed by atoms with Crippen LogP contribution in [0.25, 0.3) is 0 Å². The molecule has 0 aliphatic carbocycles. The minimum Gasteiger partial charge on any atom is -0.385 e. The lowest BCUT2D eigenvalue weighted by Gasteiger charge is -2.29. The first-order valence-corrected chi connectivity index (χ1v) is 13.7. The molecule has 0 fully saturated rings. The summed E-state index contributed by atoms with van der Waals surface area (Å²) in [6.45, 7) is 6.47. The lowest BCUT2D eigenvalue weighted by molar-refractivity contribution is -0.133. The Kier molecular flexibility index (Phi) is 11.5. The molecule has 0 radical (unpaired) electrons. The van der Waals surface area contributed by atoms with Crippen molar-refractivity contribution < 1.29 is 14.3 Å². The molecule has 3 rings (SSSR count). The largest absolute Gasteiger partial charge is 0.385 e. The Bertz CT molecular complexity index is 1210. The number of hydrogen-bond donors (Lipinski definition) is 0. The molecule has 0 saturated heterocycles. The lowest BCUT2D eigenvalue weighted by atomic mass is 10.1. The summed E-state index contributed by atoms with van der Waals surface area (Å²) in [6.07, 6.45) is 2.58. The van der Waals surface area contributed by atoms with Crippen LogP contribution in [0, 0.1) is 5.92 Å². The van der Waals surface area contributed by atoms with Crippen LogP contribution in [0.3, 0.4) is 0 Å². The molecule has 1 heterocycles. The lowest BCUT2D eigenvalue weighted by Crippen LogP contribution is -2.44. The SMILES string of the molecule is COCCCN(CC(=O)N(Cc1cccn1Cc1ccccc1Cl)CC(C)C)C(=O)c1cc(Cl)cc(Cl)c1. The Morgan fingerprint density at radius 3 is 2.34 bits per heavy atom. The molecule has 0 atom stereocenters. The molecule has 1 aromatic heterocycles. The molecule has 204 valence electrons. The molecule has 2 amide bonds. The van der Waals surface area contributed by atoms with Gasteiger partial charge in [-0.05, 0) is 54.3 Å². The van der Waals surface area contributed by atoms with E-state index in [-0.39, 0.29) is 24.3 Å². The summed E-state index contributed by atoms with van der Waals surface area (Å²) in [5.74, 6) is -0.191. The third-order valence-electron chi connectivity index (χ3n) is 6.01. The molecule has 0 saturated carbocycles. The standard InChI is InChI=1S/C29H34Cl3N3O3/c1-21(2)17-35(19-26-9-6-11-33(26)18-22-8-4-5-10-27(22)32)28(36)20-34(12-7-13-38-3)29(37)23-14-24(30)16-25(31)15-23/h4-6,8-11,14-16,21H,7,12-13,17-20H2,1-3H3. The van der Waals surface area contributed by atoms with E-state index in [9.17, 15) is 9.59 Å². The van der Waals surface area contributed by atoms with Gasteiger partial charge >= 0.3 is 0 Å². The van der Waals surface area contributed by atoms with Gasteiger partial charge in [0.15, 0.2) is 0 Å². The van der Waals surface area contributed by atoms with Gasteiger partial charge in [-0.2, -0.15) is 0 Å². The molecule has 0 unspecified atom stereocenters. The number of rotatable bonds is 13. The van der Waals surface area contributed by atoms with E-state index in [1.54, 1.807) is 30.2 Å². The zero-order valence-corrected chi connectivity index (χ0v) is 24.3. The van der Waals surface area contributed by atoms with Gasteiger partial charge in [0.05, 0.1) is 6.54 Å². The fourth-order valence-electron chi connectivity index (χ4n) is 4.22. The van der Waals surface area contributed by atoms with E-state index in [0.29, 0.717) is 59.8 Å². The number of carbonyl (C=O) groups is 2. The molecule has 2 aromatic carbocycles. The zero-order valence-electron chi connectivity index (χ0n) is 22.0. The molecular formula is C29H34Cl3N3O3. The van der Waals surface area contributed by atoms with Crippen molar-refractivity contribution in [3.63, 3.8) is 0 Å². The van der Waals surface area contributed by atoms with Crippen molar-refractivity contribution >= 4 is 46.6 Å². The van der Waals surface area contributed by atoms with E-state index in [1.807, 2.05) is 47.5 Å². The van der Waals surface area contributed by atoms with Crippen LogP contribution in [0.4, 0.5) is 0 Å². The molecule has 0 spiro atoms. The number of methoxy groups -OCH3 is 1. The third-order valence-corrected chi connectivity index (χ3v) is 6.82. The minimum absolute atomic E-state index is 0.0649. The average molecular weight is 579 g/mol. The van der Waals surface area contributed by atoms with Gasteiger partial charge in [-0.3, -0.25) is 9.59 Å². The Hall–Kier alpha value is -2.51. The molecule has 3 aromatic rings. The number of ether oxygens (including phenoxy) is 1. The van der Waals surface area contributed by atoms with Crippen LogP contribution in [-0.4, -0.2) is 59.5 Å². The number of nitrogens with zero attached hydrogens (tertiary/aromatic N) is 3. The summed E-state index contributed by atoms with van der Waals surface area (Å²) in [6, 6.07) is 16.4. The van der Waals surface area contributed by atoms with Crippen LogP contribution in [-0.2, 0) is 22.6 Å². The predicted octanol–water partition coefficient (Wildman–Crippen LogP) is 6.66. The summed E-state index contributed by atoms with van der Waals surface area (Å²) in [5.41, 5.74) is 2.33. The highest BCUT2D eigenvalue weighted by atomic mass is 35.5. The number of benzene rings is 2. The van der Waals surface area contributed by atoms with Crippen LogP contribution in [0.15, 0.2) is 60.8 Å². The fourth-order valence-corrected chi connectivity index (χ4v) is 4.95. The Labute approximate surface area is 240 Å². The van der Waals surface area contributed by atoms with Gasteiger partial charge in [-0.1, -0.05) is 66.8 Å². The highest BCUT2D eigenvalue weighted by molar-refractivity contribution is 6.35. The molecule has 0 aliphatic rings. The maximum absolute atomic E-state index is 13.7. The molecular weight excluding hydrogens is 545 g/mol. The van der Waals surface area contributed by atoms with Crippen LogP contribution in [0.5, 0.6) is 0 Å². The van der Waals surface area contributed by atoms with Gasteiger partial charge in [-0.15, -0.1) is 0 Å². The number of hydrogen-bond acceptors (Lipinski definition) is 3. The van der Waals surface area contributed by atoms with E-state index >= 15 is 0 Å². The summed E-state index contributed by atoms with van der Waals surface area (Å²) >= 11 is 18.7. The number of aromatic nitrogens is 1. The van der Waals surface area contributed by atoms with Crippen molar-refractivity contribution in [3.8, 4) is 0 Å². The molecule has 0 bridgehead atoms. The van der Waals surface area contributed by atoms with Gasteiger partial charge in [-0.25, -0.2) is 0 Å². The Balaban J connectivity index is 1.80. The van der Waals surface area contributed by atoms with Crippen LogP contribution < -0.4 is 0 Å². The van der Waals surface area contributed by atoms with Crippen molar-refractivity contribution in [2.75, 3.05) is 33.4 Å². The number of amides is 2. The molecule has 9 heteroatoms. The zero-order chi connectivity index (χ0) is 27.7. The normalized spacial score (nSPS) is 11.1. The van der Waals surface area contributed by atoms with Crippen molar-refractivity contribution in [1.29, 1.82) is 0 Å². The summed E-state index contributed by atoms with van der Waals surface area (Å²) in [4.78, 5) is 30.4. The van der Waals surface area contributed by atoms with E-state index in [4.69, 9.17) is 39.5 Å². The maximum atomic E-state index is 13.7. The van der Waals surface area contributed by atoms with Crippen LogP contribution in [0.1, 0.15) is 41.9 Å². The summed E-state index contributed by atoms with van der Waals surface area (Å²) in [7, 11) is 1.61. The quantitative estimate of drug-likeness (QED) is 0.213. The second-order valence-electron chi connectivity index (χ2n) is 9.62.